The van der Waals surface area contributed by atoms with E-state index in [0.717, 1.165) is 5.56 Å². The number of hydrogen-bond acceptors (Lipinski definition) is 4. The number of Topliss-reactive ketones (excluding diaryl/α,β-unsaturated/α-hetero) is 1. The van der Waals surface area contributed by atoms with E-state index in [0.29, 0.717) is 27.3 Å². The van der Waals surface area contributed by atoms with E-state index in [4.69, 9.17) is 14.2 Å². The molecule has 0 spiro atoms. The van der Waals surface area contributed by atoms with Crippen LogP contribution in [-0.2, 0) is 0 Å². The van der Waals surface area contributed by atoms with Crippen LogP contribution in [0.3, 0.4) is 0 Å². The molecule has 2 rings (SSSR count). The van der Waals surface area contributed by atoms with Gasteiger partial charge in [-0.2, -0.15) is 0 Å². The maximum atomic E-state index is 12.0. The van der Waals surface area contributed by atoms with E-state index in [1.165, 1.54) is 14.0 Å². The molecule has 0 N–H and O–H groups in total. The summed E-state index contributed by atoms with van der Waals surface area (Å²) in [5.41, 5.74) is 0.679. The van der Waals surface area contributed by atoms with Crippen molar-refractivity contribution in [3.8, 4) is 17.2 Å². The lowest BCUT2D eigenvalue weighted by Gasteiger charge is -2.31. The van der Waals surface area contributed by atoms with Crippen LogP contribution in [0, 0.1) is 0 Å². The molecule has 5 heteroatoms. The van der Waals surface area contributed by atoms with E-state index >= 15 is 0 Å². The van der Waals surface area contributed by atoms with Crippen LogP contribution in [0.2, 0.25) is 0 Å². The summed E-state index contributed by atoms with van der Waals surface area (Å²) in [6.45, 7) is 5.35. The van der Waals surface area contributed by atoms with Gasteiger partial charge in [0.2, 0.25) is 0 Å². The zero-order valence-electron chi connectivity index (χ0n) is 12.2. The van der Waals surface area contributed by atoms with Gasteiger partial charge >= 0.3 is 0 Å². The van der Waals surface area contributed by atoms with Gasteiger partial charge in [-0.25, -0.2) is 0 Å². The smallest absolute Gasteiger partial charge is 0.167 e. The van der Waals surface area contributed by atoms with Crippen molar-refractivity contribution in [1.82, 2.24) is 0 Å². The first kappa shape index (κ1) is 14.9. The van der Waals surface area contributed by atoms with E-state index in [2.05, 4.69) is 15.9 Å². The number of carbonyl (C=O) groups excluding carboxylic acids is 1. The van der Waals surface area contributed by atoms with Crippen molar-refractivity contribution >= 4 is 27.8 Å². The average molecular weight is 341 g/mol. The Morgan fingerprint density at radius 1 is 1.25 bits per heavy atom. The first-order valence-electron chi connectivity index (χ1n) is 6.19. The predicted molar refractivity (Wildman–Crippen MR) is 81.0 cm³/mol. The van der Waals surface area contributed by atoms with E-state index in [-0.39, 0.29) is 5.78 Å². The minimum atomic E-state index is -0.485. The average Bonchev–Trinajstić information content (AvgIpc) is 2.36. The third kappa shape index (κ3) is 2.30. The topological polar surface area (TPSA) is 44.8 Å². The number of methoxy groups -OCH3 is 2. The Balaban J connectivity index is 2.86. The fraction of sp³-hybridized carbons (Fsp3) is 0.400. The minimum absolute atomic E-state index is 0.118. The van der Waals surface area contributed by atoms with E-state index in [1.807, 2.05) is 26.0 Å². The number of rotatable bonds is 3. The van der Waals surface area contributed by atoms with Crippen LogP contribution < -0.4 is 14.2 Å². The highest BCUT2D eigenvalue weighted by Crippen LogP contribution is 2.49. The summed E-state index contributed by atoms with van der Waals surface area (Å²) in [6, 6.07) is 0. The molecule has 0 bridgehead atoms. The van der Waals surface area contributed by atoms with Crippen molar-refractivity contribution in [2.24, 2.45) is 0 Å². The summed E-state index contributed by atoms with van der Waals surface area (Å²) in [4.78, 5) is 12.0. The third-order valence-corrected chi connectivity index (χ3v) is 3.84. The van der Waals surface area contributed by atoms with Gasteiger partial charge in [0.15, 0.2) is 11.5 Å². The van der Waals surface area contributed by atoms with Gasteiger partial charge in [-0.05, 0) is 48.9 Å². The molecule has 20 heavy (non-hydrogen) atoms. The summed E-state index contributed by atoms with van der Waals surface area (Å²) >= 11 is 3.44. The zero-order valence-corrected chi connectivity index (χ0v) is 13.8. The zero-order chi connectivity index (χ0) is 15.1. The Labute approximate surface area is 126 Å². The molecule has 1 aliphatic rings. The fourth-order valence-electron chi connectivity index (χ4n) is 2.22. The van der Waals surface area contributed by atoms with Crippen LogP contribution in [-0.4, -0.2) is 25.6 Å². The Morgan fingerprint density at radius 2 is 1.85 bits per heavy atom. The van der Waals surface area contributed by atoms with Crippen LogP contribution in [0.1, 0.15) is 36.7 Å². The molecular formula is C15H17BrO4. The molecule has 0 aromatic heterocycles. The maximum absolute atomic E-state index is 12.0. The Morgan fingerprint density at radius 3 is 2.35 bits per heavy atom. The second-order valence-corrected chi connectivity index (χ2v) is 5.89. The van der Waals surface area contributed by atoms with Crippen LogP contribution in [0.25, 0.3) is 6.08 Å². The van der Waals surface area contributed by atoms with E-state index < -0.39 is 5.60 Å². The summed E-state index contributed by atoms with van der Waals surface area (Å²) in [5.74, 6) is 1.40. The molecule has 4 nitrogen and oxygen atoms in total. The molecule has 0 aliphatic carbocycles. The van der Waals surface area contributed by atoms with Gasteiger partial charge in [-0.3, -0.25) is 4.79 Å². The second-order valence-electron chi connectivity index (χ2n) is 5.09. The quantitative estimate of drug-likeness (QED) is 0.784. The van der Waals surface area contributed by atoms with Crippen LogP contribution in [0.15, 0.2) is 10.5 Å². The molecule has 108 valence electrons. The molecule has 0 saturated heterocycles. The van der Waals surface area contributed by atoms with Crippen molar-refractivity contribution < 1.29 is 19.0 Å². The van der Waals surface area contributed by atoms with Gasteiger partial charge in [0.05, 0.1) is 19.8 Å². The Kier molecular flexibility index (Phi) is 3.82. The highest BCUT2D eigenvalue weighted by Gasteiger charge is 2.32. The molecule has 0 atom stereocenters. The molecule has 0 saturated carbocycles. The van der Waals surface area contributed by atoms with Crippen LogP contribution >= 0.6 is 15.9 Å². The number of benzene rings is 1. The molecule has 1 aromatic rings. The molecule has 0 unspecified atom stereocenters. The highest BCUT2D eigenvalue weighted by atomic mass is 79.9. The lowest BCUT2D eigenvalue weighted by molar-refractivity contribution is 0.0995. The van der Waals surface area contributed by atoms with Crippen molar-refractivity contribution in [2.75, 3.05) is 14.2 Å². The van der Waals surface area contributed by atoms with Crippen molar-refractivity contribution in [1.29, 1.82) is 0 Å². The highest BCUT2D eigenvalue weighted by molar-refractivity contribution is 9.10. The minimum Gasteiger partial charge on any atom is -0.495 e. The van der Waals surface area contributed by atoms with Gasteiger partial charge in [0, 0.05) is 0 Å². The standard InChI is InChI=1S/C15H17BrO4/c1-8(17)10-12-9(6-7-15(2,3)20-12)13(18-4)11(16)14(10)19-5/h6-7H,1-5H3. The van der Waals surface area contributed by atoms with E-state index in [9.17, 15) is 4.79 Å². The van der Waals surface area contributed by atoms with Crippen molar-refractivity contribution in [3.05, 3.63) is 21.7 Å². The van der Waals surface area contributed by atoms with Gasteiger partial charge in [0.1, 0.15) is 27.1 Å². The lowest BCUT2D eigenvalue weighted by atomic mass is 9.97. The molecule has 1 aliphatic heterocycles. The molecule has 0 fully saturated rings. The molecule has 1 heterocycles. The van der Waals surface area contributed by atoms with Gasteiger partial charge in [-0.15, -0.1) is 0 Å². The number of ether oxygens (including phenoxy) is 3. The Hall–Kier alpha value is -1.49. The summed E-state index contributed by atoms with van der Waals surface area (Å²) < 4.78 is 17.4. The van der Waals surface area contributed by atoms with Crippen molar-refractivity contribution in [2.45, 2.75) is 26.4 Å². The number of ketones is 1. The first-order valence-corrected chi connectivity index (χ1v) is 6.98. The fourth-order valence-corrected chi connectivity index (χ4v) is 2.96. The largest absolute Gasteiger partial charge is 0.495 e. The predicted octanol–water partition coefficient (Wildman–Crippen LogP) is 3.85. The third-order valence-electron chi connectivity index (χ3n) is 3.12. The normalized spacial score (nSPS) is 15.3. The maximum Gasteiger partial charge on any atom is 0.167 e. The summed E-state index contributed by atoms with van der Waals surface area (Å²) in [7, 11) is 3.09. The van der Waals surface area contributed by atoms with Crippen LogP contribution in [0.5, 0.6) is 17.2 Å². The summed E-state index contributed by atoms with van der Waals surface area (Å²) in [6.07, 6.45) is 3.84. The monoisotopic (exact) mass is 340 g/mol. The molecule has 1 aromatic carbocycles. The lowest BCUT2D eigenvalue weighted by Crippen LogP contribution is -2.29. The molecule has 0 radical (unpaired) electrons. The Bertz CT molecular complexity index is 603. The molecule has 0 amide bonds. The van der Waals surface area contributed by atoms with Gasteiger partial charge in [-0.1, -0.05) is 0 Å². The van der Waals surface area contributed by atoms with Gasteiger partial charge < -0.3 is 14.2 Å². The summed E-state index contributed by atoms with van der Waals surface area (Å²) in [5, 5.41) is 0. The number of halogens is 1. The number of hydrogen-bond donors (Lipinski definition) is 0. The SMILES string of the molecule is COc1c(Br)c(OC)c(C(C)=O)c2c1C=CC(C)(C)O2. The van der Waals surface area contributed by atoms with Gasteiger partial charge in [0.25, 0.3) is 0 Å². The van der Waals surface area contributed by atoms with Crippen molar-refractivity contribution in [3.63, 3.8) is 0 Å². The van der Waals surface area contributed by atoms with E-state index in [1.54, 1.807) is 7.11 Å². The first-order chi connectivity index (χ1) is 9.32. The van der Waals surface area contributed by atoms with Crippen LogP contribution in [0.4, 0.5) is 0 Å². The number of fused-ring (bicyclic) bond motifs is 1. The second kappa shape index (κ2) is 5.13. The number of carbonyl (C=O) groups is 1. The molecular weight excluding hydrogens is 324 g/mol.